The van der Waals surface area contributed by atoms with Crippen LogP contribution < -0.4 is 5.32 Å². The van der Waals surface area contributed by atoms with Crippen LogP contribution in [0.3, 0.4) is 0 Å². The maximum Gasteiger partial charge on any atom is 0.305 e. The molecule has 0 saturated carbocycles. The van der Waals surface area contributed by atoms with Crippen molar-refractivity contribution in [2.24, 2.45) is 0 Å². The number of benzene rings is 1. The topological polar surface area (TPSA) is 66.4 Å². The van der Waals surface area contributed by atoms with E-state index in [0.29, 0.717) is 17.5 Å². The zero-order valence-corrected chi connectivity index (χ0v) is 8.74. The molecule has 0 aromatic heterocycles. The van der Waals surface area contributed by atoms with Crippen LogP contribution >= 0.6 is 0 Å². The number of aliphatic carboxylic acids is 1. The van der Waals surface area contributed by atoms with Crippen LogP contribution in [0.5, 0.6) is 0 Å². The summed E-state index contributed by atoms with van der Waals surface area (Å²) >= 11 is 0. The van der Waals surface area contributed by atoms with E-state index in [2.05, 4.69) is 5.32 Å². The molecule has 1 rings (SSSR count). The number of carboxylic acids is 1. The molecule has 0 spiro atoms. The number of halogens is 1. The van der Waals surface area contributed by atoms with E-state index < -0.39 is 12.0 Å². The van der Waals surface area contributed by atoms with E-state index in [0.717, 1.165) is 0 Å². The molecular weight excluding hydrogens is 213 g/mol. The normalized spacial score (nSPS) is 11.9. The number of amides is 1. The van der Waals surface area contributed by atoms with Crippen LogP contribution in [0, 0.1) is 12.7 Å². The first kappa shape index (κ1) is 12.2. The molecule has 0 aliphatic rings. The largest absolute Gasteiger partial charge is 0.481 e. The predicted octanol–water partition coefficient (Wildman–Crippen LogP) is 1.40. The van der Waals surface area contributed by atoms with Gasteiger partial charge in [0, 0.05) is 0 Å². The van der Waals surface area contributed by atoms with Crippen LogP contribution in [-0.4, -0.2) is 17.5 Å². The summed E-state index contributed by atoms with van der Waals surface area (Å²) in [6, 6.07) is 3.39. The van der Waals surface area contributed by atoms with Crippen LogP contribution in [0.2, 0.25) is 0 Å². The van der Waals surface area contributed by atoms with Crippen molar-refractivity contribution in [2.75, 3.05) is 0 Å². The summed E-state index contributed by atoms with van der Waals surface area (Å²) in [5.74, 6) is -1.41. The minimum absolute atomic E-state index is 0.231. The summed E-state index contributed by atoms with van der Waals surface area (Å²) in [6.07, 6.45) is 0.210. The molecule has 0 heterocycles. The molecule has 0 saturated heterocycles. The number of rotatable bonds is 5. The van der Waals surface area contributed by atoms with E-state index in [1.54, 1.807) is 6.92 Å². The average Bonchev–Trinajstić information content (AvgIpc) is 2.16. The molecule has 0 unspecified atom stereocenters. The third-order valence-electron chi connectivity index (χ3n) is 2.26. The maximum atomic E-state index is 12.9. The molecular formula is C11H12FNO3. The summed E-state index contributed by atoms with van der Waals surface area (Å²) in [7, 11) is 0. The zero-order valence-electron chi connectivity index (χ0n) is 8.74. The van der Waals surface area contributed by atoms with Crippen molar-refractivity contribution < 1.29 is 19.1 Å². The fourth-order valence-electron chi connectivity index (χ4n) is 1.55. The van der Waals surface area contributed by atoms with Crippen molar-refractivity contribution in [2.45, 2.75) is 19.4 Å². The Morgan fingerprint density at radius 1 is 1.62 bits per heavy atom. The lowest BCUT2D eigenvalue weighted by Gasteiger charge is -2.16. The lowest BCUT2D eigenvalue weighted by molar-refractivity contribution is -0.137. The maximum absolute atomic E-state index is 12.9. The molecule has 1 atom stereocenters. The van der Waals surface area contributed by atoms with Gasteiger partial charge in [0.2, 0.25) is 6.41 Å². The smallest absolute Gasteiger partial charge is 0.305 e. The van der Waals surface area contributed by atoms with Gasteiger partial charge in [-0.2, -0.15) is 0 Å². The predicted molar refractivity (Wildman–Crippen MR) is 55.3 cm³/mol. The van der Waals surface area contributed by atoms with Crippen molar-refractivity contribution in [1.82, 2.24) is 5.32 Å². The molecule has 2 N–H and O–H groups in total. The summed E-state index contributed by atoms with van der Waals surface area (Å²) in [6.45, 7) is 1.67. The molecule has 0 bridgehead atoms. The quantitative estimate of drug-likeness (QED) is 0.744. The lowest BCUT2D eigenvalue weighted by atomic mass is 9.99. The molecule has 0 fully saturated rings. The van der Waals surface area contributed by atoms with E-state index in [1.807, 2.05) is 0 Å². The Bertz CT molecular complexity index is 406. The number of nitrogens with one attached hydrogen (secondary N) is 1. The van der Waals surface area contributed by atoms with Gasteiger partial charge < -0.3 is 10.4 Å². The third kappa shape index (κ3) is 3.05. The highest BCUT2D eigenvalue weighted by Crippen LogP contribution is 2.21. The van der Waals surface area contributed by atoms with Crippen molar-refractivity contribution >= 4 is 12.4 Å². The minimum atomic E-state index is -1.02. The second kappa shape index (κ2) is 5.25. The highest BCUT2D eigenvalue weighted by molar-refractivity contribution is 5.68. The Hall–Kier alpha value is -1.91. The van der Waals surface area contributed by atoms with E-state index in [9.17, 15) is 14.0 Å². The van der Waals surface area contributed by atoms with Gasteiger partial charge in [-0.1, -0.05) is 6.07 Å². The second-order valence-corrected chi connectivity index (χ2v) is 3.44. The van der Waals surface area contributed by atoms with Gasteiger partial charge >= 0.3 is 5.97 Å². The minimum Gasteiger partial charge on any atom is -0.481 e. The van der Waals surface area contributed by atoms with Crippen LogP contribution in [0.15, 0.2) is 18.2 Å². The zero-order chi connectivity index (χ0) is 12.1. The van der Waals surface area contributed by atoms with Gasteiger partial charge in [-0.25, -0.2) is 4.39 Å². The first-order chi connectivity index (χ1) is 7.54. The summed E-state index contributed by atoms with van der Waals surface area (Å²) in [5, 5.41) is 11.1. The first-order valence-electron chi connectivity index (χ1n) is 4.72. The standard InChI is InChI=1S/C11H12FNO3/c1-7-4-8(12)2-3-9(7)10(13-6-14)5-11(15)16/h2-4,6,10H,5H2,1H3,(H,13,14)(H,15,16)/t10-/m1/s1. The van der Waals surface area contributed by atoms with Crippen molar-refractivity contribution in [1.29, 1.82) is 0 Å². The molecule has 1 amide bonds. The Balaban J connectivity index is 3.00. The molecule has 1 aromatic rings. The number of hydrogen-bond acceptors (Lipinski definition) is 2. The molecule has 5 heteroatoms. The summed E-state index contributed by atoms with van der Waals surface area (Å²) < 4.78 is 12.9. The third-order valence-corrected chi connectivity index (χ3v) is 2.26. The molecule has 0 aliphatic carbocycles. The van der Waals surface area contributed by atoms with Gasteiger partial charge in [0.15, 0.2) is 0 Å². The van der Waals surface area contributed by atoms with Crippen LogP contribution in [0.25, 0.3) is 0 Å². The van der Waals surface area contributed by atoms with Gasteiger partial charge in [-0.15, -0.1) is 0 Å². The fraction of sp³-hybridized carbons (Fsp3) is 0.273. The Morgan fingerprint density at radius 2 is 2.31 bits per heavy atom. The second-order valence-electron chi connectivity index (χ2n) is 3.44. The highest BCUT2D eigenvalue weighted by atomic mass is 19.1. The lowest BCUT2D eigenvalue weighted by Crippen LogP contribution is -2.23. The molecule has 16 heavy (non-hydrogen) atoms. The van der Waals surface area contributed by atoms with Crippen LogP contribution in [0.4, 0.5) is 4.39 Å². The highest BCUT2D eigenvalue weighted by Gasteiger charge is 2.16. The van der Waals surface area contributed by atoms with E-state index in [4.69, 9.17) is 5.11 Å². The van der Waals surface area contributed by atoms with Gasteiger partial charge in [-0.05, 0) is 30.2 Å². The molecule has 0 radical (unpaired) electrons. The van der Waals surface area contributed by atoms with Crippen molar-refractivity contribution in [3.05, 3.63) is 35.1 Å². The monoisotopic (exact) mass is 225 g/mol. The van der Waals surface area contributed by atoms with Gasteiger partial charge in [0.05, 0.1) is 12.5 Å². The van der Waals surface area contributed by atoms with Crippen LogP contribution in [0.1, 0.15) is 23.6 Å². The Kier molecular flexibility index (Phi) is 3.99. The van der Waals surface area contributed by atoms with E-state index in [-0.39, 0.29) is 12.2 Å². The summed E-state index contributed by atoms with van der Waals surface area (Å²) in [5.41, 5.74) is 1.22. The fourth-order valence-corrected chi connectivity index (χ4v) is 1.55. The number of aryl methyl sites for hydroxylation is 1. The number of carbonyl (C=O) groups is 2. The number of carboxylic acid groups (broad SMARTS) is 1. The van der Waals surface area contributed by atoms with Crippen molar-refractivity contribution in [3.63, 3.8) is 0 Å². The number of hydrogen-bond donors (Lipinski definition) is 2. The van der Waals surface area contributed by atoms with E-state index in [1.165, 1.54) is 18.2 Å². The SMILES string of the molecule is Cc1cc(F)ccc1[C@@H](CC(=O)O)NC=O. The van der Waals surface area contributed by atoms with Gasteiger partial charge in [-0.3, -0.25) is 9.59 Å². The molecule has 4 nitrogen and oxygen atoms in total. The molecule has 1 aromatic carbocycles. The average molecular weight is 225 g/mol. The Labute approximate surface area is 92.1 Å². The molecule has 0 aliphatic heterocycles. The van der Waals surface area contributed by atoms with Crippen molar-refractivity contribution in [3.8, 4) is 0 Å². The van der Waals surface area contributed by atoms with Gasteiger partial charge in [0.25, 0.3) is 0 Å². The van der Waals surface area contributed by atoms with Crippen LogP contribution in [-0.2, 0) is 9.59 Å². The first-order valence-corrected chi connectivity index (χ1v) is 4.72. The van der Waals surface area contributed by atoms with E-state index >= 15 is 0 Å². The number of carbonyl (C=O) groups excluding carboxylic acids is 1. The molecule has 86 valence electrons. The Morgan fingerprint density at radius 3 is 2.81 bits per heavy atom. The van der Waals surface area contributed by atoms with Gasteiger partial charge in [0.1, 0.15) is 5.82 Å². The summed E-state index contributed by atoms with van der Waals surface area (Å²) in [4.78, 5) is 21.0.